The molecule has 0 unspecified atom stereocenters. The summed E-state index contributed by atoms with van der Waals surface area (Å²) in [7, 11) is 0. The first-order valence-electron chi connectivity index (χ1n) is 7.17. The second-order valence-corrected chi connectivity index (χ2v) is 5.07. The summed E-state index contributed by atoms with van der Waals surface area (Å²) in [5.41, 5.74) is 3.48. The second kappa shape index (κ2) is 6.76. The molecule has 0 aliphatic heterocycles. The van der Waals surface area contributed by atoms with Crippen molar-refractivity contribution in [2.24, 2.45) is 0 Å². The fourth-order valence-electron chi connectivity index (χ4n) is 2.11. The van der Waals surface area contributed by atoms with E-state index in [4.69, 9.17) is 4.74 Å². The van der Waals surface area contributed by atoms with Gasteiger partial charge in [0.15, 0.2) is 0 Å². The summed E-state index contributed by atoms with van der Waals surface area (Å²) in [5.74, 6) is 1.52. The summed E-state index contributed by atoms with van der Waals surface area (Å²) in [6.45, 7) is 3.26. The lowest BCUT2D eigenvalue weighted by atomic mass is 10.1. The standard InChI is InChI=1S/C17H18N4O/c1-13-6-8-14(9-7-13)11-22-16-5-3-2-4-15(16)10-18-17-19-12-20-21-17/h2-9,12H,10-11H2,1H3,(H2,18,19,20,21). The number of benzene rings is 2. The molecule has 3 aromatic rings. The zero-order valence-corrected chi connectivity index (χ0v) is 12.4. The maximum absolute atomic E-state index is 5.95. The molecular weight excluding hydrogens is 276 g/mol. The van der Waals surface area contributed by atoms with Gasteiger partial charge < -0.3 is 10.1 Å². The molecular formula is C17H18N4O. The van der Waals surface area contributed by atoms with Crippen LogP contribution in [0.2, 0.25) is 0 Å². The molecule has 0 aliphatic carbocycles. The van der Waals surface area contributed by atoms with Crippen LogP contribution in [0, 0.1) is 6.92 Å². The number of aryl methyl sites for hydroxylation is 1. The van der Waals surface area contributed by atoms with E-state index < -0.39 is 0 Å². The predicted octanol–water partition coefficient (Wildman–Crippen LogP) is 3.30. The van der Waals surface area contributed by atoms with Crippen LogP contribution >= 0.6 is 0 Å². The molecule has 0 amide bonds. The number of H-pyrrole nitrogens is 1. The van der Waals surface area contributed by atoms with Crippen molar-refractivity contribution in [3.8, 4) is 5.75 Å². The van der Waals surface area contributed by atoms with Crippen LogP contribution in [-0.2, 0) is 13.2 Å². The number of aromatic amines is 1. The fraction of sp³-hybridized carbons (Fsp3) is 0.176. The molecule has 0 fully saturated rings. The first-order valence-corrected chi connectivity index (χ1v) is 7.17. The monoisotopic (exact) mass is 294 g/mol. The van der Waals surface area contributed by atoms with Crippen molar-refractivity contribution >= 4 is 5.95 Å². The third-order valence-corrected chi connectivity index (χ3v) is 3.35. The summed E-state index contributed by atoms with van der Waals surface area (Å²) in [5, 5.41) is 9.76. The van der Waals surface area contributed by atoms with Crippen LogP contribution in [0.4, 0.5) is 5.95 Å². The number of hydrogen-bond donors (Lipinski definition) is 2. The lowest BCUT2D eigenvalue weighted by molar-refractivity contribution is 0.303. The highest BCUT2D eigenvalue weighted by Gasteiger charge is 2.04. The lowest BCUT2D eigenvalue weighted by Crippen LogP contribution is -2.04. The number of aromatic nitrogens is 3. The van der Waals surface area contributed by atoms with Gasteiger partial charge in [-0.15, -0.1) is 0 Å². The zero-order valence-electron chi connectivity index (χ0n) is 12.4. The Morgan fingerprint density at radius 1 is 1.09 bits per heavy atom. The minimum Gasteiger partial charge on any atom is -0.489 e. The maximum Gasteiger partial charge on any atom is 0.218 e. The normalized spacial score (nSPS) is 10.4. The molecule has 22 heavy (non-hydrogen) atoms. The van der Waals surface area contributed by atoms with Crippen molar-refractivity contribution in [3.63, 3.8) is 0 Å². The Bertz CT molecular complexity index is 708. The van der Waals surface area contributed by atoms with Crippen LogP contribution in [-0.4, -0.2) is 15.2 Å². The van der Waals surface area contributed by atoms with Gasteiger partial charge in [-0.1, -0.05) is 48.0 Å². The Balaban J connectivity index is 1.64. The van der Waals surface area contributed by atoms with Gasteiger partial charge in [0.1, 0.15) is 18.7 Å². The molecule has 0 bridgehead atoms. The van der Waals surface area contributed by atoms with Gasteiger partial charge in [0.2, 0.25) is 5.95 Å². The third-order valence-electron chi connectivity index (χ3n) is 3.35. The first-order chi connectivity index (χ1) is 10.8. The first kappa shape index (κ1) is 14.1. The highest BCUT2D eigenvalue weighted by atomic mass is 16.5. The molecule has 112 valence electrons. The summed E-state index contributed by atoms with van der Waals surface area (Å²) in [6, 6.07) is 16.3. The molecule has 5 heteroatoms. The van der Waals surface area contributed by atoms with Crippen molar-refractivity contribution in [1.82, 2.24) is 15.2 Å². The van der Waals surface area contributed by atoms with Gasteiger partial charge >= 0.3 is 0 Å². The van der Waals surface area contributed by atoms with E-state index in [1.165, 1.54) is 11.9 Å². The van der Waals surface area contributed by atoms with Crippen LogP contribution < -0.4 is 10.1 Å². The second-order valence-electron chi connectivity index (χ2n) is 5.07. The van der Waals surface area contributed by atoms with Gasteiger partial charge in [-0.25, -0.2) is 10.1 Å². The summed E-state index contributed by atoms with van der Waals surface area (Å²) < 4.78 is 5.95. The Kier molecular flexibility index (Phi) is 4.34. The molecule has 1 aromatic heterocycles. The topological polar surface area (TPSA) is 62.8 Å². The van der Waals surface area contributed by atoms with Crippen molar-refractivity contribution < 1.29 is 4.74 Å². The van der Waals surface area contributed by atoms with Crippen LogP contribution in [0.5, 0.6) is 5.75 Å². The molecule has 0 atom stereocenters. The minimum absolute atomic E-state index is 0.555. The van der Waals surface area contributed by atoms with Gasteiger partial charge in [-0.3, -0.25) is 0 Å². The third kappa shape index (κ3) is 3.63. The van der Waals surface area contributed by atoms with E-state index in [1.807, 2.05) is 24.3 Å². The molecule has 0 saturated carbocycles. The highest BCUT2D eigenvalue weighted by Crippen LogP contribution is 2.20. The van der Waals surface area contributed by atoms with Gasteiger partial charge in [-0.2, -0.15) is 5.10 Å². The SMILES string of the molecule is Cc1ccc(COc2ccccc2CNc2ncn[nH]2)cc1. The van der Waals surface area contributed by atoms with E-state index in [9.17, 15) is 0 Å². The molecule has 0 radical (unpaired) electrons. The van der Waals surface area contributed by atoms with Crippen LogP contribution in [0.15, 0.2) is 54.9 Å². The number of nitrogens with one attached hydrogen (secondary N) is 2. The van der Waals surface area contributed by atoms with Crippen molar-refractivity contribution in [2.75, 3.05) is 5.32 Å². The van der Waals surface area contributed by atoms with E-state index in [0.29, 0.717) is 19.1 Å². The van der Waals surface area contributed by atoms with Gasteiger partial charge in [0.05, 0.1) is 0 Å². The van der Waals surface area contributed by atoms with Crippen molar-refractivity contribution in [2.45, 2.75) is 20.1 Å². The zero-order chi connectivity index (χ0) is 15.2. The Morgan fingerprint density at radius 3 is 2.68 bits per heavy atom. The van der Waals surface area contributed by atoms with E-state index >= 15 is 0 Å². The Hall–Kier alpha value is -2.82. The summed E-state index contributed by atoms with van der Waals surface area (Å²) in [6.07, 6.45) is 1.47. The number of para-hydroxylation sites is 1. The Labute approximate surface area is 129 Å². The van der Waals surface area contributed by atoms with E-state index in [0.717, 1.165) is 16.9 Å². The summed E-state index contributed by atoms with van der Waals surface area (Å²) >= 11 is 0. The molecule has 3 rings (SSSR count). The van der Waals surface area contributed by atoms with Crippen LogP contribution in [0.25, 0.3) is 0 Å². The van der Waals surface area contributed by atoms with E-state index in [2.05, 4.69) is 51.7 Å². The lowest BCUT2D eigenvalue weighted by Gasteiger charge is -2.12. The van der Waals surface area contributed by atoms with E-state index in [1.54, 1.807) is 0 Å². The van der Waals surface area contributed by atoms with Gasteiger partial charge in [0, 0.05) is 12.1 Å². The smallest absolute Gasteiger partial charge is 0.218 e. The average molecular weight is 294 g/mol. The van der Waals surface area contributed by atoms with Crippen molar-refractivity contribution in [1.29, 1.82) is 0 Å². The summed E-state index contributed by atoms with van der Waals surface area (Å²) in [4.78, 5) is 4.04. The van der Waals surface area contributed by atoms with E-state index in [-0.39, 0.29) is 0 Å². The number of ether oxygens (including phenoxy) is 1. The minimum atomic E-state index is 0.555. The highest BCUT2D eigenvalue weighted by molar-refractivity contribution is 5.36. The largest absolute Gasteiger partial charge is 0.489 e. The average Bonchev–Trinajstić information content (AvgIpc) is 3.07. The maximum atomic E-state index is 5.95. The van der Waals surface area contributed by atoms with Gasteiger partial charge in [0.25, 0.3) is 0 Å². The fourth-order valence-corrected chi connectivity index (χ4v) is 2.11. The van der Waals surface area contributed by atoms with Crippen molar-refractivity contribution in [3.05, 3.63) is 71.5 Å². The van der Waals surface area contributed by atoms with Gasteiger partial charge in [-0.05, 0) is 18.6 Å². The predicted molar refractivity (Wildman–Crippen MR) is 85.7 cm³/mol. The number of rotatable bonds is 6. The molecule has 0 aliphatic rings. The molecule has 2 aromatic carbocycles. The molecule has 2 N–H and O–H groups in total. The van der Waals surface area contributed by atoms with Crippen LogP contribution in [0.1, 0.15) is 16.7 Å². The number of nitrogens with zero attached hydrogens (tertiary/aromatic N) is 2. The van der Waals surface area contributed by atoms with Crippen LogP contribution in [0.3, 0.4) is 0 Å². The molecule has 5 nitrogen and oxygen atoms in total. The quantitative estimate of drug-likeness (QED) is 0.732. The Morgan fingerprint density at radius 2 is 1.91 bits per heavy atom. The number of anilines is 1. The number of hydrogen-bond acceptors (Lipinski definition) is 4. The molecule has 0 saturated heterocycles. The molecule has 1 heterocycles. The molecule has 0 spiro atoms.